The monoisotopic (exact) mass is 401 g/mol. The number of aryl methyl sites for hydroxylation is 1. The van der Waals surface area contributed by atoms with Crippen molar-refractivity contribution in [2.45, 2.75) is 45.3 Å². The molecule has 1 aromatic carbocycles. The molecule has 0 radical (unpaired) electrons. The Kier molecular flexibility index (Phi) is 6.17. The van der Waals surface area contributed by atoms with Gasteiger partial charge in [0.05, 0.1) is 5.69 Å². The summed E-state index contributed by atoms with van der Waals surface area (Å²) in [6.07, 6.45) is -4.18. The normalized spacial score (nSPS) is 13.4. The van der Waals surface area contributed by atoms with Crippen LogP contribution in [0.2, 0.25) is 0 Å². The van der Waals surface area contributed by atoms with E-state index in [-0.39, 0.29) is 12.5 Å². The third-order valence-electron chi connectivity index (χ3n) is 2.67. The Morgan fingerprint density at radius 1 is 1.21 bits per heavy atom. The summed E-state index contributed by atoms with van der Waals surface area (Å²) in [6.45, 7) is 3.86. The number of rotatable bonds is 5. The second kappa shape index (κ2) is 6.97. The van der Waals surface area contributed by atoms with Crippen LogP contribution in [0.5, 0.6) is 0 Å². The fourth-order valence-electron chi connectivity index (χ4n) is 1.77. The molecule has 0 bridgehead atoms. The van der Waals surface area contributed by atoms with Crippen LogP contribution >= 0.6 is 31.9 Å². The Labute approximate surface area is 128 Å². The van der Waals surface area contributed by atoms with Crippen LogP contribution in [-0.4, -0.2) is 12.2 Å². The van der Waals surface area contributed by atoms with Crippen molar-refractivity contribution in [2.24, 2.45) is 0 Å². The molecule has 0 spiro atoms. The fraction of sp³-hybridized carbons (Fsp3) is 0.538. The first-order chi connectivity index (χ1) is 8.69. The summed E-state index contributed by atoms with van der Waals surface area (Å²) < 4.78 is 38.0. The maximum absolute atomic E-state index is 12.1. The topological polar surface area (TPSA) is 12.0 Å². The lowest BCUT2D eigenvalue weighted by molar-refractivity contribution is -0.135. The van der Waals surface area contributed by atoms with Gasteiger partial charge in [-0.2, -0.15) is 13.2 Å². The zero-order chi connectivity index (χ0) is 14.6. The number of nitrogens with one attached hydrogen (secondary N) is 1. The third kappa shape index (κ3) is 6.17. The van der Waals surface area contributed by atoms with E-state index in [4.69, 9.17) is 0 Å². The van der Waals surface area contributed by atoms with E-state index < -0.39 is 12.6 Å². The minimum absolute atomic E-state index is 0.0161. The second-order valence-corrected chi connectivity index (χ2v) is 6.37. The minimum atomic E-state index is -4.06. The molecular weight excluding hydrogens is 387 g/mol. The highest BCUT2D eigenvalue weighted by atomic mass is 79.9. The van der Waals surface area contributed by atoms with Gasteiger partial charge in [-0.05, 0) is 76.2 Å². The van der Waals surface area contributed by atoms with Gasteiger partial charge in [0.15, 0.2) is 0 Å². The molecule has 1 nitrogen and oxygen atoms in total. The van der Waals surface area contributed by atoms with Gasteiger partial charge in [0.2, 0.25) is 0 Å². The van der Waals surface area contributed by atoms with E-state index in [0.29, 0.717) is 6.42 Å². The van der Waals surface area contributed by atoms with E-state index in [9.17, 15) is 13.2 Å². The summed E-state index contributed by atoms with van der Waals surface area (Å²) in [7, 11) is 0. The number of benzene rings is 1. The van der Waals surface area contributed by atoms with Gasteiger partial charge >= 0.3 is 6.18 Å². The van der Waals surface area contributed by atoms with E-state index in [0.717, 1.165) is 20.2 Å². The van der Waals surface area contributed by atoms with Crippen LogP contribution in [0.15, 0.2) is 21.1 Å². The third-order valence-corrected chi connectivity index (χ3v) is 3.93. The lowest BCUT2D eigenvalue weighted by Gasteiger charge is -2.18. The molecular formula is C13H16Br2F3N. The quantitative estimate of drug-likeness (QED) is 0.631. The van der Waals surface area contributed by atoms with Gasteiger partial charge in [-0.3, -0.25) is 0 Å². The van der Waals surface area contributed by atoms with E-state index in [1.54, 1.807) is 0 Å². The molecule has 0 aliphatic rings. The first kappa shape index (κ1) is 16.8. The molecule has 0 amide bonds. The van der Waals surface area contributed by atoms with Gasteiger partial charge in [-0.1, -0.05) is 0 Å². The van der Waals surface area contributed by atoms with Gasteiger partial charge in [0.1, 0.15) is 0 Å². The molecule has 1 aromatic rings. The van der Waals surface area contributed by atoms with E-state index in [1.807, 2.05) is 26.0 Å². The number of halogens is 5. The summed E-state index contributed by atoms with van der Waals surface area (Å²) in [4.78, 5) is 0. The summed E-state index contributed by atoms with van der Waals surface area (Å²) in [5, 5.41) is 3.23. The Bertz CT molecular complexity index is 409. The first-order valence-corrected chi connectivity index (χ1v) is 7.56. The second-order valence-electron chi connectivity index (χ2n) is 4.66. The smallest absolute Gasteiger partial charge is 0.381 e. The largest absolute Gasteiger partial charge is 0.389 e. The molecule has 1 rings (SSSR count). The van der Waals surface area contributed by atoms with Crippen LogP contribution in [0.25, 0.3) is 0 Å². The molecule has 1 unspecified atom stereocenters. The van der Waals surface area contributed by atoms with Crippen molar-refractivity contribution in [1.82, 2.24) is 0 Å². The molecule has 1 N–H and O–H groups in total. The standard InChI is InChI=1S/C13H16Br2F3N/c1-8-6-10(14)12(11(15)7-8)19-9(2)4-3-5-13(16,17)18/h6-7,9,19H,3-5H2,1-2H3. The van der Waals surface area contributed by atoms with E-state index in [1.165, 1.54) is 0 Å². The molecule has 19 heavy (non-hydrogen) atoms. The van der Waals surface area contributed by atoms with Crippen molar-refractivity contribution < 1.29 is 13.2 Å². The fourth-order valence-corrected chi connectivity index (χ4v) is 3.41. The van der Waals surface area contributed by atoms with Crippen molar-refractivity contribution >= 4 is 37.5 Å². The van der Waals surface area contributed by atoms with E-state index >= 15 is 0 Å². The molecule has 0 aliphatic carbocycles. The van der Waals surface area contributed by atoms with Gasteiger partial charge in [-0.15, -0.1) is 0 Å². The Hall–Kier alpha value is -0.230. The predicted molar refractivity (Wildman–Crippen MR) is 79.6 cm³/mol. The molecule has 0 saturated heterocycles. The Balaban J connectivity index is 2.55. The SMILES string of the molecule is Cc1cc(Br)c(NC(C)CCCC(F)(F)F)c(Br)c1. The summed E-state index contributed by atoms with van der Waals surface area (Å²) >= 11 is 6.91. The maximum atomic E-state index is 12.1. The van der Waals surface area contributed by atoms with Crippen LogP contribution in [0.1, 0.15) is 31.7 Å². The molecule has 0 fully saturated rings. The average molecular weight is 403 g/mol. The molecule has 0 heterocycles. The van der Waals surface area contributed by atoms with Crippen molar-refractivity contribution in [3.05, 3.63) is 26.6 Å². The molecule has 0 aliphatic heterocycles. The number of alkyl halides is 3. The van der Waals surface area contributed by atoms with Gasteiger partial charge in [0, 0.05) is 21.4 Å². The van der Waals surface area contributed by atoms with Crippen LogP contribution in [0.4, 0.5) is 18.9 Å². The zero-order valence-electron chi connectivity index (χ0n) is 10.7. The number of hydrogen-bond donors (Lipinski definition) is 1. The maximum Gasteiger partial charge on any atom is 0.389 e. The Morgan fingerprint density at radius 2 is 1.74 bits per heavy atom. The average Bonchev–Trinajstić information content (AvgIpc) is 2.21. The van der Waals surface area contributed by atoms with Crippen LogP contribution < -0.4 is 5.32 Å². The highest BCUT2D eigenvalue weighted by Gasteiger charge is 2.26. The highest BCUT2D eigenvalue weighted by Crippen LogP contribution is 2.33. The van der Waals surface area contributed by atoms with Crippen LogP contribution in [0, 0.1) is 6.92 Å². The minimum Gasteiger partial charge on any atom is -0.381 e. The molecule has 0 saturated carbocycles. The summed E-state index contributed by atoms with van der Waals surface area (Å²) in [6, 6.07) is 3.92. The zero-order valence-corrected chi connectivity index (χ0v) is 13.9. The lowest BCUT2D eigenvalue weighted by Crippen LogP contribution is -2.17. The van der Waals surface area contributed by atoms with Crippen molar-refractivity contribution in [2.75, 3.05) is 5.32 Å². The van der Waals surface area contributed by atoms with E-state index in [2.05, 4.69) is 37.2 Å². The van der Waals surface area contributed by atoms with Crippen molar-refractivity contribution in [3.8, 4) is 0 Å². The molecule has 0 aromatic heterocycles. The van der Waals surface area contributed by atoms with Crippen molar-refractivity contribution in [1.29, 1.82) is 0 Å². The summed E-state index contributed by atoms with van der Waals surface area (Å²) in [5.74, 6) is 0. The Morgan fingerprint density at radius 3 is 2.21 bits per heavy atom. The van der Waals surface area contributed by atoms with Gasteiger partial charge < -0.3 is 5.32 Å². The lowest BCUT2D eigenvalue weighted by atomic mass is 10.1. The van der Waals surface area contributed by atoms with Gasteiger partial charge in [0.25, 0.3) is 0 Å². The number of hydrogen-bond acceptors (Lipinski definition) is 1. The summed E-state index contributed by atoms with van der Waals surface area (Å²) in [5.41, 5.74) is 1.99. The van der Waals surface area contributed by atoms with Gasteiger partial charge in [-0.25, -0.2) is 0 Å². The van der Waals surface area contributed by atoms with Crippen LogP contribution in [0.3, 0.4) is 0 Å². The predicted octanol–water partition coefficient (Wildman–Crippen LogP) is 6.05. The molecule has 6 heteroatoms. The number of anilines is 1. The first-order valence-electron chi connectivity index (χ1n) is 5.98. The highest BCUT2D eigenvalue weighted by molar-refractivity contribution is 9.11. The van der Waals surface area contributed by atoms with Crippen molar-refractivity contribution in [3.63, 3.8) is 0 Å². The molecule has 108 valence electrons. The van der Waals surface area contributed by atoms with Crippen LogP contribution in [-0.2, 0) is 0 Å². The molecule has 1 atom stereocenters.